The van der Waals surface area contributed by atoms with E-state index in [9.17, 15) is 14.4 Å². The molecule has 2 saturated heterocycles. The molecular formula is C33H36N4O4. The molecule has 8 nitrogen and oxygen atoms in total. The van der Waals surface area contributed by atoms with Gasteiger partial charge in [0.25, 0.3) is 5.91 Å². The third-order valence-electron chi connectivity index (χ3n) is 8.61. The first-order valence-electron chi connectivity index (χ1n) is 14.5. The van der Waals surface area contributed by atoms with Gasteiger partial charge in [-0.1, -0.05) is 60.7 Å². The highest BCUT2D eigenvalue weighted by Gasteiger charge is 2.39. The summed E-state index contributed by atoms with van der Waals surface area (Å²) in [4.78, 5) is 41.3. The molecule has 4 atom stereocenters. The van der Waals surface area contributed by atoms with Gasteiger partial charge in [0.2, 0.25) is 11.8 Å². The van der Waals surface area contributed by atoms with Crippen molar-refractivity contribution in [1.29, 1.82) is 0 Å². The monoisotopic (exact) mass is 552 g/mol. The number of hydrogen-bond acceptors (Lipinski definition) is 6. The fourth-order valence-electron chi connectivity index (χ4n) is 6.23. The van der Waals surface area contributed by atoms with Crippen molar-refractivity contribution in [3.05, 3.63) is 101 Å². The van der Waals surface area contributed by atoms with E-state index in [1.165, 1.54) is 11.1 Å². The molecule has 3 aliphatic rings. The van der Waals surface area contributed by atoms with Gasteiger partial charge in [0.1, 0.15) is 17.9 Å². The molecule has 0 saturated carbocycles. The van der Waals surface area contributed by atoms with Crippen molar-refractivity contribution in [3.63, 3.8) is 0 Å². The predicted molar refractivity (Wildman–Crippen MR) is 155 cm³/mol. The average Bonchev–Trinajstić information content (AvgIpc) is 3.32. The van der Waals surface area contributed by atoms with Crippen LogP contribution < -0.4 is 15.4 Å². The van der Waals surface area contributed by atoms with Crippen molar-refractivity contribution in [2.75, 3.05) is 13.1 Å². The Morgan fingerprint density at radius 2 is 1.73 bits per heavy atom. The minimum absolute atomic E-state index is 0.0972. The van der Waals surface area contributed by atoms with Crippen LogP contribution in [0.3, 0.4) is 0 Å². The van der Waals surface area contributed by atoms with E-state index in [4.69, 9.17) is 4.74 Å². The average molecular weight is 553 g/mol. The van der Waals surface area contributed by atoms with Crippen molar-refractivity contribution < 1.29 is 19.1 Å². The Hall–Kier alpha value is -4.01. The summed E-state index contributed by atoms with van der Waals surface area (Å²) in [5.74, 6) is -0.151. The minimum atomic E-state index is -0.630. The second-order valence-electron chi connectivity index (χ2n) is 11.2. The number of carbonyl (C=O) groups is 3. The molecule has 0 aromatic heterocycles. The van der Waals surface area contributed by atoms with E-state index in [1.54, 1.807) is 11.0 Å². The lowest BCUT2D eigenvalue weighted by Gasteiger charge is -2.41. The van der Waals surface area contributed by atoms with Crippen LogP contribution in [0.4, 0.5) is 0 Å². The van der Waals surface area contributed by atoms with Gasteiger partial charge in [-0.2, -0.15) is 0 Å². The Morgan fingerprint density at radius 1 is 0.976 bits per heavy atom. The molecule has 6 rings (SSSR count). The fourth-order valence-corrected chi connectivity index (χ4v) is 6.23. The lowest BCUT2D eigenvalue weighted by atomic mass is 9.97. The fraction of sp³-hybridized carbons (Fsp3) is 0.364. The number of rotatable bonds is 8. The number of likely N-dealkylation sites (tertiary alicyclic amines) is 1. The van der Waals surface area contributed by atoms with Crippen LogP contribution in [0.2, 0.25) is 0 Å². The van der Waals surface area contributed by atoms with E-state index in [1.807, 2.05) is 24.3 Å². The molecule has 3 heterocycles. The zero-order chi connectivity index (χ0) is 28.3. The Kier molecular flexibility index (Phi) is 7.85. The molecule has 0 radical (unpaired) electrons. The summed E-state index contributed by atoms with van der Waals surface area (Å²) in [6.07, 6.45) is 1.43. The van der Waals surface area contributed by atoms with E-state index in [0.717, 1.165) is 31.6 Å². The first-order valence-corrected chi connectivity index (χ1v) is 14.5. The molecular weight excluding hydrogens is 516 g/mol. The maximum Gasteiger partial charge on any atom is 0.255 e. The lowest BCUT2D eigenvalue weighted by molar-refractivity contribution is -0.136. The van der Waals surface area contributed by atoms with E-state index >= 15 is 0 Å². The molecule has 1 unspecified atom stereocenters. The molecule has 0 spiro atoms. The van der Waals surface area contributed by atoms with Crippen LogP contribution in [-0.2, 0) is 22.7 Å². The molecule has 212 valence electrons. The molecule has 3 aliphatic heterocycles. The van der Waals surface area contributed by atoms with Crippen molar-refractivity contribution in [2.45, 2.75) is 63.5 Å². The number of ether oxygens (including phenoxy) is 1. The van der Waals surface area contributed by atoms with Crippen molar-refractivity contribution in [2.24, 2.45) is 0 Å². The Morgan fingerprint density at radius 3 is 2.49 bits per heavy atom. The van der Waals surface area contributed by atoms with Crippen LogP contribution in [0, 0.1) is 0 Å². The first-order chi connectivity index (χ1) is 20.0. The van der Waals surface area contributed by atoms with E-state index in [0.29, 0.717) is 24.3 Å². The first kappa shape index (κ1) is 27.2. The predicted octanol–water partition coefficient (Wildman–Crippen LogP) is 3.82. The van der Waals surface area contributed by atoms with Crippen molar-refractivity contribution in [3.8, 4) is 5.75 Å². The van der Waals surface area contributed by atoms with Gasteiger partial charge < -0.3 is 15.0 Å². The van der Waals surface area contributed by atoms with Crippen LogP contribution >= 0.6 is 0 Å². The molecule has 3 aromatic carbocycles. The Bertz CT molecular complexity index is 1410. The number of nitrogens with one attached hydrogen (secondary N) is 2. The lowest BCUT2D eigenvalue weighted by Crippen LogP contribution is -2.55. The molecule has 41 heavy (non-hydrogen) atoms. The number of amides is 3. The van der Waals surface area contributed by atoms with Crippen molar-refractivity contribution >= 4 is 17.7 Å². The van der Waals surface area contributed by atoms with Gasteiger partial charge in [-0.15, -0.1) is 0 Å². The minimum Gasteiger partial charge on any atom is -0.487 e. The third-order valence-corrected chi connectivity index (χ3v) is 8.61. The SMILES string of the molecule is C[C@H](c1ccccc1)N1CC[C@@H](NCc2ccccc2)[C@H](Oc2ccc3c(c2)CN(C2CCC(=O)NC2=O)C3=O)C1. The van der Waals surface area contributed by atoms with E-state index in [-0.39, 0.29) is 36.4 Å². The van der Waals surface area contributed by atoms with Gasteiger partial charge in [0, 0.05) is 50.2 Å². The zero-order valence-electron chi connectivity index (χ0n) is 23.3. The normalized spacial score (nSPS) is 23.7. The molecule has 8 heteroatoms. The molecule has 2 N–H and O–H groups in total. The van der Waals surface area contributed by atoms with Crippen molar-refractivity contribution in [1.82, 2.24) is 20.4 Å². The number of hydrogen-bond donors (Lipinski definition) is 2. The molecule has 3 amide bonds. The highest BCUT2D eigenvalue weighted by Crippen LogP contribution is 2.32. The van der Waals surface area contributed by atoms with Gasteiger partial charge in [-0.3, -0.25) is 24.6 Å². The molecule has 0 aliphatic carbocycles. The standard InChI is InChI=1S/C33H36N4O4/c1-22(24-10-6-3-7-11-24)36-17-16-28(34-19-23-8-4-2-5-9-23)30(21-36)41-26-12-13-27-25(18-26)20-37(33(27)40)29-14-15-31(38)35-32(29)39/h2-13,18,22,28-30,34H,14-17,19-21H2,1H3,(H,35,38,39)/t22-,28-,29?,30-/m1/s1. The summed E-state index contributed by atoms with van der Waals surface area (Å²) in [6.45, 7) is 5.06. The number of imide groups is 1. The summed E-state index contributed by atoms with van der Waals surface area (Å²) in [5, 5.41) is 6.10. The number of benzene rings is 3. The van der Waals surface area contributed by atoms with Crippen LogP contribution in [0.5, 0.6) is 5.75 Å². The number of nitrogens with zero attached hydrogens (tertiary/aromatic N) is 2. The summed E-state index contributed by atoms with van der Waals surface area (Å²) < 4.78 is 6.69. The zero-order valence-corrected chi connectivity index (χ0v) is 23.3. The van der Waals surface area contributed by atoms with Gasteiger partial charge in [-0.25, -0.2) is 0 Å². The van der Waals surface area contributed by atoms with Crippen LogP contribution in [0.25, 0.3) is 0 Å². The third kappa shape index (κ3) is 5.89. The van der Waals surface area contributed by atoms with Gasteiger partial charge >= 0.3 is 0 Å². The summed E-state index contributed by atoms with van der Waals surface area (Å²) in [6, 6.07) is 26.3. The maximum absolute atomic E-state index is 13.2. The van der Waals surface area contributed by atoms with E-state index in [2.05, 4.69) is 71.0 Å². The van der Waals surface area contributed by atoms with Crippen LogP contribution in [-0.4, -0.2) is 58.8 Å². The Labute approximate surface area is 240 Å². The second-order valence-corrected chi connectivity index (χ2v) is 11.2. The summed E-state index contributed by atoms with van der Waals surface area (Å²) >= 11 is 0. The van der Waals surface area contributed by atoms with Gasteiger partial charge in [0.15, 0.2) is 0 Å². The summed E-state index contributed by atoms with van der Waals surface area (Å²) in [5.41, 5.74) is 3.95. The van der Waals surface area contributed by atoms with Gasteiger partial charge in [0.05, 0.1) is 0 Å². The van der Waals surface area contributed by atoms with Crippen LogP contribution in [0.1, 0.15) is 59.3 Å². The number of piperidine rings is 2. The highest BCUT2D eigenvalue weighted by molar-refractivity contribution is 6.05. The maximum atomic E-state index is 13.2. The molecule has 0 bridgehead atoms. The Balaban J connectivity index is 1.19. The smallest absolute Gasteiger partial charge is 0.255 e. The summed E-state index contributed by atoms with van der Waals surface area (Å²) in [7, 11) is 0. The number of fused-ring (bicyclic) bond motifs is 1. The quantitative estimate of drug-likeness (QED) is 0.413. The topological polar surface area (TPSA) is 91.0 Å². The van der Waals surface area contributed by atoms with E-state index < -0.39 is 11.9 Å². The van der Waals surface area contributed by atoms with Crippen LogP contribution in [0.15, 0.2) is 78.9 Å². The largest absolute Gasteiger partial charge is 0.487 e. The molecule has 3 aromatic rings. The highest BCUT2D eigenvalue weighted by atomic mass is 16.5. The number of carbonyl (C=O) groups excluding carboxylic acids is 3. The molecule has 2 fully saturated rings. The van der Waals surface area contributed by atoms with Gasteiger partial charge in [-0.05, 0) is 54.7 Å². The second kappa shape index (κ2) is 11.8.